The van der Waals surface area contributed by atoms with E-state index in [-0.39, 0.29) is 0 Å². The zero-order chi connectivity index (χ0) is 15.6. The van der Waals surface area contributed by atoms with E-state index in [1.54, 1.807) is 0 Å². The van der Waals surface area contributed by atoms with Crippen LogP contribution in [0.4, 0.5) is 0 Å². The number of benzene rings is 2. The van der Waals surface area contributed by atoms with E-state index in [1.807, 2.05) is 30.3 Å². The van der Waals surface area contributed by atoms with Crippen LogP contribution in [0, 0.1) is 0 Å². The molecule has 1 unspecified atom stereocenters. The van der Waals surface area contributed by atoms with Gasteiger partial charge in [-0.3, -0.25) is 0 Å². The first-order valence-electron chi connectivity index (χ1n) is 8.31. The summed E-state index contributed by atoms with van der Waals surface area (Å²) in [6.45, 7) is 4.43. The van der Waals surface area contributed by atoms with Gasteiger partial charge in [-0.25, -0.2) is 0 Å². The molecule has 2 rings (SSSR count). The summed E-state index contributed by atoms with van der Waals surface area (Å²) in [7, 11) is 0. The van der Waals surface area contributed by atoms with Gasteiger partial charge in [-0.15, -0.1) is 0 Å². The molecule has 0 aliphatic carbocycles. The van der Waals surface area contributed by atoms with Crippen molar-refractivity contribution in [1.29, 1.82) is 0 Å². The van der Waals surface area contributed by atoms with Crippen molar-refractivity contribution in [2.24, 2.45) is 0 Å². The maximum atomic E-state index is 5.86. The molecule has 2 aromatic carbocycles. The van der Waals surface area contributed by atoms with Crippen LogP contribution in [0.5, 0.6) is 11.5 Å². The largest absolute Gasteiger partial charge is 0.457 e. The van der Waals surface area contributed by atoms with Crippen LogP contribution in [0.15, 0.2) is 66.7 Å². The summed E-state index contributed by atoms with van der Waals surface area (Å²) in [5.74, 6) is 2.39. The lowest BCUT2D eigenvalue weighted by Gasteiger charge is -2.15. The van der Waals surface area contributed by atoms with E-state index in [2.05, 4.69) is 50.3 Å². The number of allylic oxidation sites excluding steroid dienone is 2. The second-order valence-electron chi connectivity index (χ2n) is 5.59. The third-order valence-corrected chi connectivity index (χ3v) is 3.79. The Morgan fingerprint density at radius 3 is 2.18 bits per heavy atom. The molecule has 0 saturated heterocycles. The van der Waals surface area contributed by atoms with Gasteiger partial charge >= 0.3 is 0 Å². The first-order chi connectivity index (χ1) is 10.8. The Kier molecular flexibility index (Phi) is 6.76. The van der Waals surface area contributed by atoms with Crippen LogP contribution in [0.3, 0.4) is 0 Å². The SMILES string of the molecule is CC/C=C\CC(CCC)c1ccc(Oc2ccccc2)cc1. The average Bonchev–Trinajstić information content (AvgIpc) is 2.56. The molecular weight excluding hydrogens is 268 g/mol. The van der Waals surface area contributed by atoms with E-state index >= 15 is 0 Å². The Balaban J connectivity index is 2.03. The Morgan fingerprint density at radius 1 is 0.864 bits per heavy atom. The van der Waals surface area contributed by atoms with Gasteiger partial charge in [-0.05, 0) is 55.0 Å². The lowest BCUT2D eigenvalue weighted by atomic mass is 9.91. The summed E-state index contributed by atoms with van der Waals surface area (Å²) < 4.78 is 5.86. The molecule has 22 heavy (non-hydrogen) atoms. The summed E-state index contributed by atoms with van der Waals surface area (Å²) in [5.41, 5.74) is 1.41. The molecule has 0 spiro atoms. The van der Waals surface area contributed by atoms with Gasteiger partial charge in [0, 0.05) is 0 Å². The molecule has 0 saturated carbocycles. The maximum absolute atomic E-state index is 5.86. The highest BCUT2D eigenvalue weighted by Crippen LogP contribution is 2.28. The van der Waals surface area contributed by atoms with E-state index in [0.29, 0.717) is 5.92 Å². The molecular formula is C21H26O. The fraction of sp³-hybridized carbons (Fsp3) is 0.333. The minimum atomic E-state index is 0.610. The Bertz CT molecular complexity index is 554. The highest BCUT2D eigenvalue weighted by molar-refractivity contribution is 5.34. The van der Waals surface area contributed by atoms with Gasteiger partial charge < -0.3 is 4.74 Å². The van der Waals surface area contributed by atoms with E-state index in [4.69, 9.17) is 4.74 Å². The number of rotatable bonds is 8. The van der Waals surface area contributed by atoms with E-state index in [9.17, 15) is 0 Å². The fourth-order valence-corrected chi connectivity index (χ4v) is 2.63. The molecule has 0 amide bonds. The third-order valence-electron chi connectivity index (χ3n) is 3.79. The number of hydrogen-bond donors (Lipinski definition) is 0. The molecule has 0 aliphatic heterocycles. The predicted octanol–water partition coefficient (Wildman–Crippen LogP) is 6.72. The fourth-order valence-electron chi connectivity index (χ4n) is 2.63. The average molecular weight is 294 g/mol. The van der Waals surface area contributed by atoms with Gasteiger partial charge in [0.25, 0.3) is 0 Å². The molecule has 0 aromatic heterocycles. The van der Waals surface area contributed by atoms with E-state index in [0.717, 1.165) is 24.3 Å². The van der Waals surface area contributed by atoms with Gasteiger partial charge in [0.15, 0.2) is 0 Å². The molecule has 2 aromatic rings. The van der Waals surface area contributed by atoms with Crippen LogP contribution in [0.25, 0.3) is 0 Å². The molecule has 1 nitrogen and oxygen atoms in total. The second kappa shape index (κ2) is 9.09. The Labute approximate surface area is 134 Å². The van der Waals surface area contributed by atoms with E-state index in [1.165, 1.54) is 18.4 Å². The Morgan fingerprint density at radius 2 is 1.55 bits per heavy atom. The lowest BCUT2D eigenvalue weighted by Crippen LogP contribution is -1.97. The summed E-state index contributed by atoms with van der Waals surface area (Å²) >= 11 is 0. The summed E-state index contributed by atoms with van der Waals surface area (Å²) in [6, 6.07) is 18.5. The first kappa shape index (κ1) is 16.4. The van der Waals surface area contributed by atoms with Gasteiger partial charge in [0.2, 0.25) is 0 Å². The van der Waals surface area contributed by atoms with Gasteiger partial charge in [-0.1, -0.05) is 62.8 Å². The van der Waals surface area contributed by atoms with Crippen molar-refractivity contribution in [2.75, 3.05) is 0 Å². The molecule has 0 N–H and O–H groups in total. The van der Waals surface area contributed by atoms with Crippen LogP contribution < -0.4 is 4.74 Å². The normalized spacial score (nSPS) is 12.5. The first-order valence-corrected chi connectivity index (χ1v) is 8.31. The second-order valence-corrected chi connectivity index (χ2v) is 5.59. The van der Waals surface area contributed by atoms with Gasteiger partial charge in [0.05, 0.1) is 0 Å². The van der Waals surface area contributed by atoms with Crippen molar-refractivity contribution in [3.05, 3.63) is 72.3 Å². The molecule has 0 bridgehead atoms. The van der Waals surface area contributed by atoms with Crippen molar-refractivity contribution in [3.8, 4) is 11.5 Å². The standard InChI is InChI=1S/C21H26O/c1-3-5-7-11-18(10-4-2)19-14-16-21(17-15-19)22-20-12-8-6-9-13-20/h5-9,12-18H,3-4,10-11H2,1-2H3/b7-5-. The van der Waals surface area contributed by atoms with E-state index < -0.39 is 0 Å². The predicted molar refractivity (Wildman–Crippen MR) is 94.7 cm³/mol. The number of ether oxygens (including phenoxy) is 1. The highest BCUT2D eigenvalue weighted by atomic mass is 16.5. The summed E-state index contributed by atoms with van der Waals surface area (Å²) in [4.78, 5) is 0. The van der Waals surface area contributed by atoms with Crippen LogP contribution in [-0.2, 0) is 0 Å². The molecule has 1 atom stereocenters. The van der Waals surface area contributed by atoms with Crippen molar-refractivity contribution >= 4 is 0 Å². The quantitative estimate of drug-likeness (QED) is 0.491. The molecule has 0 heterocycles. The third kappa shape index (κ3) is 5.07. The monoisotopic (exact) mass is 294 g/mol. The van der Waals surface area contributed by atoms with Gasteiger partial charge in [-0.2, -0.15) is 0 Å². The summed E-state index contributed by atoms with van der Waals surface area (Å²) in [6.07, 6.45) is 9.26. The van der Waals surface area contributed by atoms with Crippen LogP contribution in [-0.4, -0.2) is 0 Å². The smallest absolute Gasteiger partial charge is 0.127 e. The van der Waals surface area contributed by atoms with Crippen molar-refractivity contribution in [2.45, 2.75) is 45.4 Å². The zero-order valence-corrected chi connectivity index (χ0v) is 13.7. The minimum Gasteiger partial charge on any atom is -0.457 e. The van der Waals surface area contributed by atoms with Crippen LogP contribution in [0.1, 0.15) is 51.0 Å². The van der Waals surface area contributed by atoms with Gasteiger partial charge in [0.1, 0.15) is 11.5 Å². The number of para-hydroxylation sites is 1. The van der Waals surface area contributed by atoms with Crippen LogP contribution in [0.2, 0.25) is 0 Å². The highest BCUT2D eigenvalue weighted by Gasteiger charge is 2.09. The lowest BCUT2D eigenvalue weighted by molar-refractivity contribution is 0.482. The molecule has 116 valence electrons. The van der Waals surface area contributed by atoms with Crippen molar-refractivity contribution in [1.82, 2.24) is 0 Å². The van der Waals surface area contributed by atoms with Crippen molar-refractivity contribution in [3.63, 3.8) is 0 Å². The summed E-state index contributed by atoms with van der Waals surface area (Å²) in [5, 5.41) is 0. The molecule has 0 radical (unpaired) electrons. The molecule has 0 fully saturated rings. The molecule has 0 aliphatic rings. The maximum Gasteiger partial charge on any atom is 0.127 e. The zero-order valence-electron chi connectivity index (χ0n) is 13.7. The molecule has 1 heteroatoms. The minimum absolute atomic E-state index is 0.610. The topological polar surface area (TPSA) is 9.23 Å². The Hall–Kier alpha value is -2.02. The van der Waals surface area contributed by atoms with Crippen LogP contribution >= 0.6 is 0 Å². The van der Waals surface area contributed by atoms with Crippen molar-refractivity contribution < 1.29 is 4.74 Å². The number of hydrogen-bond acceptors (Lipinski definition) is 1.